The third-order valence-electron chi connectivity index (χ3n) is 4.84. The van der Waals surface area contributed by atoms with E-state index in [0.29, 0.717) is 24.1 Å². The number of ether oxygens (including phenoxy) is 2. The maximum Gasteiger partial charge on any atom is 0.272 e. The molecule has 8 nitrogen and oxygen atoms in total. The second-order valence-electron chi connectivity index (χ2n) is 6.75. The van der Waals surface area contributed by atoms with Crippen molar-refractivity contribution in [3.8, 4) is 5.75 Å². The first-order valence-corrected chi connectivity index (χ1v) is 10.7. The minimum Gasteiger partial charge on any atom is -0.495 e. The highest BCUT2D eigenvalue weighted by Crippen LogP contribution is 2.30. The normalized spacial score (nSPS) is 15.3. The van der Waals surface area contributed by atoms with Gasteiger partial charge in [0.1, 0.15) is 22.2 Å². The molecule has 0 bridgehead atoms. The van der Waals surface area contributed by atoms with Crippen molar-refractivity contribution in [1.29, 1.82) is 0 Å². The summed E-state index contributed by atoms with van der Waals surface area (Å²) in [7, 11) is -2.44. The van der Waals surface area contributed by atoms with Gasteiger partial charge in [0.05, 0.1) is 20.3 Å². The van der Waals surface area contributed by atoms with Crippen LogP contribution in [-0.2, 0) is 14.8 Å². The molecule has 30 heavy (non-hydrogen) atoms. The molecule has 1 amide bonds. The van der Waals surface area contributed by atoms with Crippen LogP contribution in [0.1, 0.15) is 10.5 Å². The number of H-pyrrole nitrogens is 1. The van der Waals surface area contributed by atoms with E-state index in [-0.39, 0.29) is 35.1 Å². The Bertz CT molecular complexity index is 1200. The summed E-state index contributed by atoms with van der Waals surface area (Å²) in [6.45, 7) is 1.12. The second kappa shape index (κ2) is 8.05. The molecule has 2 N–H and O–H groups in total. The number of halogens is 1. The van der Waals surface area contributed by atoms with Gasteiger partial charge in [-0.3, -0.25) is 4.79 Å². The molecule has 158 valence electrons. The Morgan fingerprint density at radius 1 is 1.17 bits per heavy atom. The number of aromatic amines is 1. The minimum absolute atomic E-state index is 0.0385. The van der Waals surface area contributed by atoms with Crippen molar-refractivity contribution in [3.05, 3.63) is 54.0 Å². The summed E-state index contributed by atoms with van der Waals surface area (Å²) in [4.78, 5) is 15.5. The van der Waals surface area contributed by atoms with E-state index in [1.54, 1.807) is 12.1 Å². The number of morpholine rings is 1. The lowest BCUT2D eigenvalue weighted by Crippen LogP contribution is -2.40. The fourth-order valence-electron chi connectivity index (χ4n) is 3.31. The number of benzene rings is 2. The molecule has 3 aromatic rings. The molecule has 2 heterocycles. The van der Waals surface area contributed by atoms with Crippen molar-refractivity contribution in [2.24, 2.45) is 0 Å². The third kappa shape index (κ3) is 3.89. The Labute approximate surface area is 172 Å². The molecule has 0 saturated carbocycles. The van der Waals surface area contributed by atoms with Gasteiger partial charge in [0, 0.05) is 29.7 Å². The van der Waals surface area contributed by atoms with Crippen LogP contribution in [0.15, 0.2) is 47.4 Å². The SMILES string of the molecule is COc1ccc(NC(=O)c2cc3cc(F)ccc3[nH]2)cc1S(=O)(=O)N1CCOCC1. The number of hydrogen-bond donors (Lipinski definition) is 2. The van der Waals surface area contributed by atoms with Crippen molar-refractivity contribution >= 4 is 32.5 Å². The zero-order chi connectivity index (χ0) is 21.3. The molecule has 1 aliphatic rings. The van der Waals surface area contributed by atoms with E-state index in [9.17, 15) is 17.6 Å². The molecule has 10 heteroatoms. The van der Waals surface area contributed by atoms with Gasteiger partial charge in [0.2, 0.25) is 10.0 Å². The number of rotatable bonds is 5. The number of carbonyl (C=O) groups excluding carboxylic acids is 1. The van der Waals surface area contributed by atoms with Gasteiger partial charge in [-0.05, 0) is 42.5 Å². The van der Waals surface area contributed by atoms with Crippen LogP contribution in [0.25, 0.3) is 10.9 Å². The Morgan fingerprint density at radius 2 is 1.93 bits per heavy atom. The average molecular weight is 433 g/mol. The fourth-order valence-corrected chi connectivity index (χ4v) is 4.90. The van der Waals surface area contributed by atoms with Crippen LogP contribution in [0.4, 0.5) is 10.1 Å². The van der Waals surface area contributed by atoms with Crippen molar-refractivity contribution in [2.45, 2.75) is 4.90 Å². The van der Waals surface area contributed by atoms with Crippen LogP contribution in [0.3, 0.4) is 0 Å². The first kappa shape index (κ1) is 20.3. The van der Waals surface area contributed by atoms with Crippen LogP contribution in [0.5, 0.6) is 5.75 Å². The number of carbonyl (C=O) groups is 1. The topological polar surface area (TPSA) is 101 Å². The predicted molar refractivity (Wildman–Crippen MR) is 109 cm³/mol. The number of hydrogen-bond acceptors (Lipinski definition) is 5. The van der Waals surface area contributed by atoms with Gasteiger partial charge in [-0.15, -0.1) is 0 Å². The molecule has 0 unspecified atom stereocenters. The van der Waals surface area contributed by atoms with Crippen molar-refractivity contribution in [3.63, 3.8) is 0 Å². The van der Waals surface area contributed by atoms with Gasteiger partial charge < -0.3 is 19.8 Å². The van der Waals surface area contributed by atoms with E-state index in [1.165, 1.54) is 41.7 Å². The number of aromatic nitrogens is 1. The Hall–Kier alpha value is -2.95. The summed E-state index contributed by atoms with van der Waals surface area (Å²) >= 11 is 0. The van der Waals surface area contributed by atoms with Crippen molar-refractivity contribution in [1.82, 2.24) is 9.29 Å². The number of methoxy groups -OCH3 is 1. The lowest BCUT2D eigenvalue weighted by Gasteiger charge is -2.26. The highest BCUT2D eigenvalue weighted by molar-refractivity contribution is 7.89. The number of sulfonamides is 1. The van der Waals surface area contributed by atoms with Gasteiger partial charge in [-0.25, -0.2) is 12.8 Å². The zero-order valence-electron chi connectivity index (χ0n) is 16.1. The molecule has 1 fully saturated rings. The standard InChI is InChI=1S/C20H20FN3O5S/c1-28-18-5-3-15(12-19(18)30(26,27)24-6-8-29-9-7-24)22-20(25)17-11-13-10-14(21)2-4-16(13)23-17/h2-5,10-12,23H,6-9H2,1H3,(H,22,25). The summed E-state index contributed by atoms with van der Waals surface area (Å²) in [6.07, 6.45) is 0. The maximum absolute atomic E-state index is 13.4. The van der Waals surface area contributed by atoms with Crippen LogP contribution in [0, 0.1) is 5.82 Å². The fraction of sp³-hybridized carbons (Fsp3) is 0.250. The van der Waals surface area contributed by atoms with E-state index in [2.05, 4.69) is 10.3 Å². The van der Waals surface area contributed by atoms with E-state index < -0.39 is 21.7 Å². The first-order chi connectivity index (χ1) is 14.4. The van der Waals surface area contributed by atoms with Gasteiger partial charge >= 0.3 is 0 Å². The minimum atomic E-state index is -3.83. The molecule has 0 atom stereocenters. The van der Waals surface area contributed by atoms with Crippen LogP contribution >= 0.6 is 0 Å². The third-order valence-corrected chi connectivity index (χ3v) is 6.76. The Morgan fingerprint density at radius 3 is 2.67 bits per heavy atom. The van der Waals surface area contributed by atoms with E-state index in [4.69, 9.17) is 9.47 Å². The van der Waals surface area contributed by atoms with Gasteiger partial charge in [0.25, 0.3) is 5.91 Å². The van der Waals surface area contributed by atoms with Gasteiger partial charge in [-0.1, -0.05) is 0 Å². The lowest BCUT2D eigenvalue weighted by molar-refractivity contribution is 0.0729. The van der Waals surface area contributed by atoms with Crippen molar-refractivity contribution < 1.29 is 27.1 Å². The Balaban J connectivity index is 1.62. The monoisotopic (exact) mass is 433 g/mol. The number of anilines is 1. The first-order valence-electron chi connectivity index (χ1n) is 9.24. The van der Waals surface area contributed by atoms with Gasteiger partial charge in [-0.2, -0.15) is 4.31 Å². The molecule has 1 saturated heterocycles. The molecule has 1 aliphatic heterocycles. The van der Waals surface area contributed by atoms with E-state index >= 15 is 0 Å². The smallest absolute Gasteiger partial charge is 0.272 e. The van der Waals surface area contributed by atoms with E-state index in [0.717, 1.165) is 0 Å². The van der Waals surface area contributed by atoms with Crippen LogP contribution < -0.4 is 10.1 Å². The zero-order valence-corrected chi connectivity index (χ0v) is 17.0. The molecule has 2 aromatic carbocycles. The lowest BCUT2D eigenvalue weighted by atomic mass is 10.2. The van der Waals surface area contributed by atoms with Gasteiger partial charge in [0.15, 0.2) is 0 Å². The maximum atomic E-state index is 13.4. The highest BCUT2D eigenvalue weighted by Gasteiger charge is 2.29. The number of nitrogens with zero attached hydrogens (tertiary/aromatic N) is 1. The number of fused-ring (bicyclic) bond motifs is 1. The predicted octanol–water partition coefficient (Wildman–Crippen LogP) is 2.59. The molecule has 4 rings (SSSR count). The number of nitrogens with one attached hydrogen (secondary N) is 2. The molecule has 0 spiro atoms. The molecule has 0 aliphatic carbocycles. The Kier molecular flexibility index (Phi) is 5.46. The molecular formula is C20H20FN3O5S. The average Bonchev–Trinajstić information content (AvgIpc) is 3.17. The molecule has 0 radical (unpaired) electrons. The summed E-state index contributed by atoms with van der Waals surface area (Å²) in [6, 6.07) is 10.1. The quantitative estimate of drug-likeness (QED) is 0.644. The van der Waals surface area contributed by atoms with Crippen LogP contribution in [-0.4, -0.2) is 57.0 Å². The number of amides is 1. The molecular weight excluding hydrogens is 413 g/mol. The van der Waals surface area contributed by atoms with Crippen molar-refractivity contribution in [2.75, 3.05) is 38.7 Å². The summed E-state index contributed by atoms with van der Waals surface area (Å²) in [5.41, 5.74) is 1.13. The largest absolute Gasteiger partial charge is 0.495 e. The summed E-state index contributed by atoms with van der Waals surface area (Å²) in [5.74, 6) is -0.700. The second-order valence-corrected chi connectivity index (χ2v) is 8.66. The highest BCUT2D eigenvalue weighted by atomic mass is 32.2. The molecule has 1 aromatic heterocycles. The summed E-state index contributed by atoms with van der Waals surface area (Å²) < 4.78 is 51.3. The summed E-state index contributed by atoms with van der Waals surface area (Å²) in [5, 5.41) is 3.23. The van der Waals surface area contributed by atoms with E-state index in [1.807, 2.05) is 0 Å². The van der Waals surface area contributed by atoms with Crippen LogP contribution in [0.2, 0.25) is 0 Å².